The number of hydrogen-bond donors (Lipinski definition) is 0. The van der Waals surface area contributed by atoms with Crippen molar-refractivity contribution in [1.29, 1.82) is 0 Å². The molecule has 22 heavy (non-hydrogen) atoms. The SMILES string of the molecule is CC(C)(C)OC(=O)CCOCCOCCOCCOCCF. The quantitative estimate of drug-likeness (QED) is 0.358. The van der Waals surface area contributed by atoms with Gasteiger partial charge in [-0.3, -0.25) is 4.79 Å². The molecule has 0 radical (unpaired) electrons. The Morgan fingerprint density at radius 2 is 1.18 bits per heavy atom. The maximum Gasteiger partial charge on any atom is 0.308 e. The molecule has 0 heterocycles. The van der Waals surface area contributed by atoms with E-state index in [1.165, 1.54) is 0 Å². The molecular formula is C15H29FO6. The lowest BCUT2D eigenvalue weighted by Gasteiger charge is -2.19. The van der Waals surface area contributed by atoms with Crippen LogP contribution < -0.4 is 0 Å². The molecule has 0 fully saturated rings. The molecule has 0 aromatic heterocycles. The number of halogens is 1. The molecule has 0 rings (SSSR count). The van der Waals surface area contributed by atoms with E-state index in [0.717, 1.165) is 0 Å². The van der Waals surface area contributed by atoms with Gasteiger partial charge >= 0.3 is 5.97 Å². The van der Waals surface area contributed by atoms with Gasteiger partial charge in [-0.1, -0.05) is 0 Å². The van der Waals surface area contributed by atoms with E-state index >= 15 is 0 Å². The first-order chi connectivity index (χ1) is 10.5. The van der Waals surface area contributed by atoms with Crippen LogP contribution in [0.1, 0.15) is 27.2 Å². The minimum atomic E-state index is -0.475. The molecule has 0 saturated heterocycles. The Morgan fingerprint density at radius 3 is 1.59 bits per heavy atom. The fourth-order valence-electron chi connectivity index (χ4n) is 1.36. The van der Waals surface area contributed by atoms with Crippen LogP contribution in [-0.2, 0) is 28.5 Å². The number of hydrogen-bond acceptors (Lipinski definition) is 6. The number of carbonyl (C=O) groups excluding carboxylic acids is 1. The van der Waals surface area contributed by atoms with Crippen LogP contribution in [0.3, 0.4) is 0 Å². The molecule has 0 aliphatic rings. The van der Waals surface area contributed by atoms with Gasteiger partial charge in [-0.05, 0) is 20.8 Å². The predicted molar refractivity (Wildman–Crippen MR) is 79.7 cm³/mol. The lowest BCUT2D eigenvalue weighted by molar-refractivity contribution is -0.156. The summed E-state index contributed by atoms with van der Waals surface area (Å²) in [5.41, 5.74) is -0.461. The van der Waals surface area contributed by atoms with Crippen molar-refractivity contribution in [3.63, 3.8) is 0 Å². The van der Waals surface area contributed by atoms with Crippen molar-refractivity contribution in [3.05, 3.63) is 0 Å². The Kier molecular flexibility index (Phi) is 13.4. The molecule has 0 spiro atoms. The highest BCUT2D eigenvalue weighted by molar-refractivity contribution is 5.69. The standard InChI is InChI=1S/C15H29FO6/c1-15(2,3)22-14(17)4-6-18-8-10-20-12-13-21-11-9-19-7-5-16/h4-13H2,1-3H3. The Bertz CT molecular complexity index is 267. The molecule has 0 aromatic carbocycles. The number of ether oxygens (including phenoxy) is 5. The summed E-state index contributed by atoms with van der Waals surface area (Å²) in [6, 6.07) is 0. The summed E-state index contributed by atoms with van der Waals surface area (Å²) in [4.78, 5) is 11.4. The van der Waals surface area contributed by atoms with Crippen LogP contribution in [-0.4, -0.2) is 71.1 Å². The van der Waals surface area contributed by atoms with Crippen molar-refractivity contribution in [3.8, 4) is 0 Å². The molecule has 0 aliphatic heterocycles. The van der Waals surface area contributed by atoms with Crippen molar-refractivity contribution in [2.75, 3.05) is 59.5 Å². The molecule has 0 unspecified atom stereocenters. The lowest BCUT2D eigenvalue weighted by atomic mass is 10.2. The van der Waals surface area contributed by atoms with Crippen LogP contribution >= 0.6 is 0 Å². The van der Waals surface area contributed by atoms with Gasteiger partial charge in [0.05, 0.1) is 59.3 Å². The lowest BCUT2D eigenvalue weighted by Crippen LogP contribution is -2.24. The third kappa shape index (κ3) is 17.3. The fraction of sp³-hybridized carbons (Fsp3) is 0.933. The topological polar surface area (TPSA) is 63.2 Å². The first-order valence-corrected chi connectivity index (χ1v) is 7.54. The number of carbonyl (C=O) groups is 1. The average molecular weight is 324 g/mol. The zero-order chi connectivity index (χ0) is 16.7. The zero-order valence-corrected chi connectivity index (χ0v) is 13.9. The van der Waals surface area contributed by atoms with Crippen LogP contribution in [0.2, 0.25) is 0 Å². The molecule has 0 atom stereocenters. The predicted octanol–water partition coefficient (Wildman–Crippen LogP) is 1.75. The van der Waals surface area contributed by atoms with Gasteiger partial charge < -0.3 is 23.7 Å². The molecule has 0 saturated carbocycles. The maximum atomic E-state index is 11.7. The largest absolute Gasteiger partial charge is 0.460 e. The molecule has 0 bridgehead atoms. The van der Waals surface area contributed by atoms with Crippen LogP contribution in [0.15, 0.2) is 0 Å². The summed E-state index contributed by atoms with van der Waals surface area (Å²) in [6.45, 7) is 8.03. The number of rotatable bonds is 14. The Labute approximate surface area is 132 Å². The minimum Gasteiger partial charge on any atom is -0.460 e. The van der Waals surface area contributed by atoms with Crippen LogP contribution in [0.25, 0.3) is 0 Å². The van der Waals surface area contributed by atoms with E-state index in [9.17, 15) is 9.18 Å². The van der Waals surface area contributed by atoms with Gasteiger partial charge in [-0.15, -0.1) is 0 Å². The molecule has 0 aliphatic carbocycles. The summed E-state index contributed by atoms with van der Waals surface area (Å²) < 4.78 is 37.5. The summed E-state index contributed by atoms with van der Waals surface area (Å²) in [5, 5.41) is 0. The molecule has 6 nitrogen and oxygen atoms in total. The summed E-state index contributed by atoms with van der Waals surface area (Å²) in [5.74, 6) is -0.267. The third-order valence-electron chi connectivity index (χ3n) is 2.21. The molecule has 0 aromatic rings. The van der Waals surface area contributed by atoms with Gasteiger partial charge in [0, 0.05) is 0 Å². The Hall–Kier alpha value is -0.760. The molecular weight excluding hydrogens is 295 g/mol. The summed E-state index contributed by atoms with van der Waals surface area (Å²) in [7, 11) is 0. The molecule has 0 N–H and O–H groups in total. The molecule has 132 valence electrons. The smallest absolute Gasteiger partial charge is 0.308 e. The second-order valence-corrected chi connectivity index (χ2v) is 5.47. The van der Waals surface area contributed by atoms with Gasteiger partial charge in [0.1, 0.15) is 12.3 Å². The van der Waals surface area contributed by atoms with E-state index in [2.05, 4.69) is 0 Å². The highest BCUT2D eigenvalue weighted by Gasteiger charge is 2.15. The van der Waals surface area contributed by atoms with Crippen molar-refractivity contribution in [2.45, 2.75) is 32.8 Å². The Balaban J connectivity index is 3.16. The third-order valence-corrected chi connectivity index (χ3v) is 2.21. The summed E-state index contributed by atoms with van der Waals surface area (Å²) in [6.07, 6.45) is 0.235. The van der Waals surface area contributed by atoms with Crippen LogP contribution in [0.5, 0.6) is 0 Å². The van der Waals surface area contributed by atoms with E-state index in [1.54, 1.807) is 0 Å². The molecule has 0 amide bonds. The zero-order valence-electron chi connectivity index (χ0n) is 13.9. The average Bonchev–Trinajstić information content (AvgIpc) is 2.42. The van der Waals surface area contributed by atoms with Crippen molar-refractivity contribution in [2.24, 2.45) is 0 Å². The van der Waals surface area contributed by atoms with Gasteiger partial charge in [0.25, 0.3) is 0 Å². The van der Waals surface area contributed by atoms with Crippen molar-refractivity contribution >= 4 is 5.97 Å². The second-order valence-electron chi connectivity index (χ2n) is 5.47. The van der Waals surface area contributed by atoms with E-state index in [-0.39, 0.29) is 19.0 Å². The van der Waals surface area contributed by atoms with E-state index in [0.29, 0.717) is 46.2 Å². The first kappa shape index (κ1) is 21.2. The minimum absolute atomic E-state index is 0.112. The maximum absolute atomic E-state index is 11.7. The summed E-state index contributed by atoms with van der Waals surface area (Å²) >= 11 is 0. The first-order valence-electron chi connectivity index (χ1n) is 7.54. The normalized spacial score (nSPS) is 11.6. The van der Waals surface area contributed by atoms with E-state index < -0.39 is 12.3 Å². The molecule has 7 heteroatoms. The number of esters is 1. The van der Waals surface area contributed by atoms with Crippen LogP contribution in [0.4, 0.5) is 4.39 Å². The van der Waals surface area contributed by atoms with Gasteiger partial charge in [-0.2, -0.15) is 0 Å². The fourth-order valence-corrected chi connectivity index (χ4v) is 1.36. The monoisotopic (exact) mass is 324 g/mol. The van der Waals surface area contributed by atoms with Crippen molar-refractivity contribution < 1.29 is 32.9 Å². The number of alkyl halides is 1. The highest BCUT2D eigenvalue weighted by atomic mass is 19.1. The Morgan fingerprint density at radius 1 is 0.773 bits per heavy atom. The van der Waals surface area contributed by atoms with E-state index in [1.807, 2.05) is 20.8 Å². The van der Waals surface area contributed by atoms with Gasteiger partial charge in [-0.25, -0.2) is 4.39 Å². The van der Waals surface area contributed by atoms with Crippen LogP contribution in [0, 0.1) is 0 Å². The van der Waals surface area contributed by atoms with Gasteiger partial charge in [0.15, 0.2) is 0 Å². The van der Waals surface area contributed by atoms with Gasteiger partial charge in [0.2, 0.25) is 0 Å². The highest BCUT2D eigenvalue weighted by Crippen LogP contribution is 2.07. The van der Waals surface area contributed by atoms with E-state index in [4.69, 9.17) is 23.7 Å². The second kappa shape index (κ2) is 13.9. The van der Waals surface area contributed by atoms with Crippen molar-refractivity contribution in [1.82, 2.24) is 0 Å².